The number of aryl methyl sites for hydroxylation is 1. The molecule has 0 aromatic heterocycles. The van der Waals surface area contributed by atoms with Gasteiger partial charge < -0.3 is 4.74 Å². The lowest BCUT2D eigenvalue weighted by Crippen LogP contribution is -2.33. The molecule has 0 amide bonds. The van der Waals surface area contributed by atoms with E-state index in [1.807, 2.05) is 30.3 Å². The smallest absolute Gasteiger partial charge is 0.177 e. The highest BCUT2D eigenvalue weighted by molar-refractivity contribution is 6.53. The Morgan fingerprint density at radius 3 is 2.15 bits per heavy atom. The van der Waals surface area contributed by atoms with Crippen molar-refractivity contribution in [3.8, 4) is 5.75 Å². The molecule has 0 radical (unpaired) electrons. The zero-order valence-corrected chi connectivity index (χ0v) is 16.8. The molecule has 1 heterocycles. The van der Waals surface area contributed by atoms with E-state index < -0.39 is 15.3 Å². The molecule has 0 saturated heterocycles. The van der Waals surface area contributed by atoms with Gasteiger partial charge >= 0.3 is 0 Å². The third kappa shape index (κ3) is 1.97. The number of benzene rings is 3. The van der Waals surface area contributed by atoms with Crippen molar-refractivity contribution < 1.29 is 4.74 Å². The Kier molecular flexibility index (Phi) is 3.51. The van der Waals surface area contributed by atoms with E-state index in [0.29, 0.717) is 0 Å². The first-order valence-electron chi connectivity index (χ1n) is 9.21. The lowest BCUT2D eigenvalue weighted by atomic mass is 9.74. The topological polar surface area (TPSA) is 9.23 Å². The average Bonchev–Trinajstić information content (AvgIpc) is 3.09. The maximum atomic E-state index is 7.05. The van der Waals surface area contributed by atoms with Gasteiger partial charge in [-0.1, -0.05) is 108 Å². The van der Waals surface area contributed by atoms with Crippen molar-refractivity contribution in [2.45, 2.75) is 29.7 Å². The molecule has 5 rings (SSSR count). The van der Waals surface area contributed by atoms with E-state index >= 15 is 0 Å². The van der Waals surface area contributed by atoms with Gasteiger partial charge in [0.05, 0.1) is 5.41 Å². The summed E-state index contributed by atoms with van der Waals surface area (Å²) in [6, 6.07) is 27.0. The maximum Gasteiger partial charge on any atom is 0.177 e. The summed E-state index contributed by atoms with van der Waals surface area (Å²) in [7, 11) is 0. The second kappa shape index (κ2) is 5.53. The van der Waals surface area contributed by atoms with Crippen LogP contribution in [0.3, 0.4) is 0 Å². The van der Waals surface area contributed by atoms with Crippen LogP contribution < -0.4 is 4.74 Å². The van der Waals surface area contributed by atoms with Gasteiger partial charge in [-0.15, -0.1) is 0 Å². The van der Waals surface area contributed by atoms with E-state index in [1.54, 1.807) is 0 Å². The number of halogens is 2. The van der Waals surface area contributed by atoms with Crippen LogP contribution in [0.1, 0.15) is 35.1 Å². The Balaban J connectivity index is 1.79. The molecule has 1 aliphatic carbocycles. The molecular formula is C24H20Cl2O. The fourth-order valence-electron chi connectivity index (χ4n) is 4.94. The Hall–Kier alpha value is -1.96. The number of ether oxygens (including phenoxy) is 1. The fourth-order valence-corrected chi connectivity index (χ4v) is 6.02. The van der Waals surface area contributed by atoms with Gasteiger partial charge in [-0.25, -0.2) is 0 Å². The van der Waals surface area contributed by atoms with E-state index in [4.69, 9.17) is 27.9 Å². The van der Waals surface area contributed by atoms with Gasteiger partial charge in [0.1, 0.15) is 5.75 Å². The highest BCUT2D eigenvalue weighted by atomic mass is 35.5. The molecule has 1 fully saturated rings. The summed E-state index contributed by atoms with van der Waals surface area (Å²) in [6.07, 6.45) is 0. The van der Waals surface area contributed by atoms with Crippen LogP contribution in [0.5, 0.6) is 5.75 Å². The molecular weight excluding hydrogens is 375 g/mol. The van der Waals surface area contributed by atoms with Gasteiger partial charge in [-0.3, -0.25) is 0 Å². The first kappa shape index (κ1) is 17.2. The van der Waals surface area contributed by atoms with E-state index in [9.17, 15) is 0 Å². The number of hydrogen-bond acceptors (Lipinski definition) is 1. The average molecular weight is 395 g/mol. The van der Waals surface area contributed by atoms with Crippen LogP contribution in [-0.2, 0) is 5.60 Å². The van der Waals surface area contributed by atoms with Crippen LogP contribution in [0.2, 0.25) is 0 Å². The molecule has 1 aliphatic heterocycles. The van der Waals surface area contributed by atoms with Crippen molar-refractivity contribution in [2.24, 2.45) is 5.41 Å². The normalized spacial score (nSPS) is 30.0. The zero-order chi connectivity index (χ0) is 18.9. The predicted molar refractivity (Wildman–Crippen MR) is 111 cm³/mol. The van der Waals surface area contributed by atoms with Crippen molar-refractivity contribution in [1.82, 2.24) is 0 Å². The summed E-state index contributed by atoms with van der Waals surface area (Å²) in [4.78, 5) is 0. The van der Waals surface area contributed by atoms with Gasteiger partial charge in [0.25, 0.3) is 0 Å². The minimum atomic E-state index is -1.05. The molecule has 3 atom stereocenters. The van der Waals surface area contributed by atoms with E-state index in [1.165, 1.54) is 11.1 Å². The lowest BCUT2D eigenvalue weighted by Gasteiger charge is -2.36. The van der Waals surface area contributed by atoms with E-state index in [2.05, 4.69) is 62.4 Å². The van der Waals surface area contributed by atoms with Gasteiger partial charge in [0, 0.05) is 11.5 Å². The molecule has 2 aliphatic rings. The largest absolute Gasteiger partial charge is 0.478 e. The molecule has 1 saturated carbocycles. The minimum absolute atomic E-state index is 0.0401. The Morgan fingerprint density at radius 2 is 1.44 bits per heavy atom. The van der Waals surface area contributed by atoms with Gasteiger partial charge in [-0.2, -0.15) is 0 Å². The van der Waals surface area contributed by atoms with Crippen LogP contribution in [0.25, 0.3) is 0 Å². The summed E-state index contributed by atoms with van der Waals surface area (Å²) in [5, 5.41) is 0. The Morgan fingerprint density at radius 1 is 0.815 bits per heavy atom. The van der Waals surface area contributed by atoms with E-state index in [-0.39, 0.29) is 5.92 Å². The lowest BCUT2D eigenvalue weighted by molar-refractivity contribution is 0.102. The highest BCUT2D eigenvalue weighted by Gasteiger charge is 2.91. The van der Waals surface area contributed by atoms with Gasteiger partial charge in [0.15, 0.2) is 9.93 Å². The molecule has 3 heteroatoms. The summed E-state index contributed by atoms with van der Waals surface area (Å²) >= 11 is 14.1. The number of fused-ring (bicyclic) bond motifs is 2. The standard InChI is InChI=1S/C24H20Cl2O/c1-16-12-14-17(15-13-16)21-19-10-6-7-11-20(19)27-23(18-8-4-3-5-9-18)22(21,2)24(23,25)26/h3-15,21H,1-2H3/t21-,22-,23-/m0/s1. The van der Waals surface area contributed by atoms with Crippen LogP contribution in [-0.4, -0.2) is 4.33 Å². The number of para-hydroxylation sites is 1. The Bertz CT molecular complexity index is 1010. The van der Waals surface area contributed by atoms with Crippen molar-refractivity contribution in [2.75, 3.05) is 0 Å². The second-order valence-electron chi connectivity index (χ2n) is 7.81. The summed E-state index contributed by atoms with van der Waals surface area (Å²) < 4.78 is 5.56. The van der Waals surface area contributed by atoms with Crippen molar-refractivity contribution in [1.29, 1.82) is 0 Å². The molecule has 3 aromatic carbocycles. The summed E-state index contributed by atoms with van der Waals surface area (Å²) in [5.74, 6) is 0.894. The van der Waals surface area contributed by atoms with Crippen molar-refractivity contribution in [3.05, 3.63) is 101 Å². The minimum Gasteiger partial charge on any atom is -0.478 e. The van der Waals surface area contributed by atoms with E-state index in [0.717, 1.165) is 16.9 Å². The zero-order valence-electron chi connectivity index (χ0n) is 15.2. The quantitative estimate of drug-likeness (QED) is 0.444. The van der Waals surface area contributed by atoms with Crippen LogP contribution in [0, 0.1) is 12.3 Å². The monoisotopic (exact) mass is 394 g/mol. The van der Waals surface area contributed by atoms with Crippen LogP contribution in [0.4, 0.5) is 0 Å². The molecule has 0 N–H and O–H groups in total. The number of rotatable bonds is 2. The third-order valence-electron chi connectivity index (χ3n) is 6.42. The number of hydrogen-bond donors (Lipinski definition) is 0. The third-order valence-corrected chi connectivity index (χ3v) is 7.74. The van der Waals surface area contributed by atoms with Crippen LogP contribution >= 0.6 is 23.2 Å². The molecule has 3 aromatic rings. The van der Waals surface area contributed by atoms with Crippen molar-refractivity contribution >= 4 is 23.2 Å². The summed E-state index contributed by atoms with van der Waals surface area (Å²) in [6.45, 7) is 4.25. The first-order chi connectivity index (χ1) is 12.9. The predicted octanol–water partition coefficient (Wildman–Crippen LogP) is 6.61. The molecule has 0 bridgehead atoms. The highest BCUT2D eigenvalue weighted by Crippen LogP contribution is 2.85. The van der Waals surface area contributed by atoms with Crippen molar-refractivity contribution in [3.63, 3.8) is 0 Å². The SMILES string of the molecule is Cc1ccc([C@H]2c3ccccc3O[C@]3(c4ccccc4)C(Cl)(Cl)[C@@]23C)cc1. The summed E-state index contributed by atoms with van der Waals surface area (Å²) in [5.41, 5.74) is 3.32. The molecule has 136 valence electrons. The second-order valence-corrected chi connectivity index (χ2v) is 9.13. The molecule has 1 nitrogen and oxygen atoms in total. The fraction of sp³-hybridized carbons (Fsp3) is 0.250. The van der Waals surface area contributed by atoms with Gasteiger partial charge in [0.2, 0.25) is 0 Å². The number of alkyl halides is 2. The Labute approximate surface area is 169 Å². The molecule has 0 unspecified atom stereocenters. The molecule has 27 heavy (non-hydrogen) atoms. The van der Waals surface area contributed by atoms with Gasteiger partial charge in [-0.05, 0) is 24.1 Å². The van der Waals surface area contributed by atoms with Crippen LogP contribution in [0.15, 0.2) is 78.9 Å². The first-order valence-corrected chi connectivity index (χ1v) is 9.97. The maximum absolute atomic E-state index is 7.05. The molecule has 0 spiro atoms.